The van der Waals surface area contributed by atoms with E-state index in [9.17, 15) is 4.79 Å². The Hall–Kier alpha value is -4.31. The summed E-state index contributed by atoms with van der Waals surface area (Å²) >= 11 is 0. The highest BCUT2D eigenvalue weighted by atomic mass is 16.5. The molecule has 0 N–H and O–H groups in total. The molecule has 0 aliphatic carbocycles. The Morgan fingerprint density at radius 3 is 1.83 bits per heavy atom. The number of para-hydroxylation sites is 2. The quantitative estimate of drug-likeness (QED) is 0.248. The van der Waals surface area contributed by atoms with Gasteiger partial charge in [-0.3, -0.25) is 0 Å². The van der Waals surface area contributed by atoms with Gasteiger partial charge in [-0.1, -0.05) is 48.5 Å². The maximum atomic E-state index is 12.9. The van der Waals surface area contributed by atoms with Crippen LogP contribution in [0.5, 0.6) is 5.75 Å². The van der Waals surface area contributed by atoms with Crippen molar-refractivity contribution in [3.63, 3.8) is 0 Å². The van der Waals surface area contributed by atoms with Crippen LogP contribution < -0.4 is 15.3 Å². The molecule has 174 valence electrons. The molecule has 5 rings (SSSR count). The summed E-state index contributed by atoms with van der Waals surface area (Å²) in [5.74, 6) is 0.673. The summed E-state index contributed by atoms with van der Waals surface area (Å²) < 4.78 is 11.6. The molecule has 4 nitrogen and oxygen atoms in total. The predicted octanol–water partition coefficient (Wildman–Crippen LogP) is 8.11. The van der Waals surface area contributed by atoms with Gasteiger partial charge < -0.3 is 14.1 Å². The minimum Gasteiger partial charge on any atom is -0.488 e. The molecule has 0 aliphatic heterocycles. The predicted molar refractivity (Wildman–Crippen MR) is 143 cm³/mol. The lowest BCUT2D eigenvalue weighted by molar-refractivity contribution is 0.131. The zero-order valence-corrected chi connectivity index (χ0v) is 20.1. The van der Waals surface area contributed by atoms with Crippen LogP contribution in [-0.2, 0) is 0 Å². The van der Waals surface area contributed by atoms with Crippen LogP contribution in [0.2, 0.25) is 0 Å². The molecule has 5 aromatic rings. The molecule has 0 spiro atoms. The Morgan fingerprint density at radius 1 is 0.686 bits per heavy atom. The first-order valence-electron chi connectivity index (χ1n) is 11.6. The normalized spacial score (nSPS) is 11.4. The smallest absolute Gasteiger partial charge is 0.344 e. The number of nitrogens with zero attached hydrogens (tertiary/aromatic N) is 1. The molecule has 4 heteroatoms. The zero-order chi connectivity index (χ0) is 24.4. The number of benzene rings is 4. The molecule has 0 radical (unpaired) electrons. The maximum absolute atomic E-state index is 12.9. The second kappa shape index (κ2) is 9.15. The third kappa shape index (κ3) is 4.97. The lowest BCUT2D eigenvalue weighted by Gasteiger charge is -2.25. The monoisotopic (exact) mass is 461 g/mol. The molecular formula is C31H27NO3. The van der Waals surface area contributed by atoms with Crippen molar-refractivity contribution in [3.8, 4) is 16.9 Å². The fraction of sp³-hybridized carbons (Fsp3) is 0.129. The van der Waals surface area contributed by atoms with Crippen LogP contribution in [0.3, 0.4) is 0 Å². The van der Waals surface area contributed by atoms with E-state index in [1.54, 1.807) is 6.07 Å². The first kappa shape index (κ1) is 22.5. The largest absolute Gasteiger partial charge is 0.488 e. The number of ether oxygens (including phenoxy) is 1. The molecule has 0 unspecified atom stereocenters. The second-order valence-corrected chi connectivity index (χ2v) is 9.41. The van der Waals surface area contributed by atoms with E-state index < -0.39 is 0 Å². The van der Waals surface area contributed by atoms with E-state index >= 15 is 0 Å². The van der Waals surface area contributed by atoms with Crippen molar-refractivity contribution in [1.29, 1.82) is 0 Å². The highest BCUT2D eigenvalue weighted by molar-refractivity contribution is 5.84. The molecule has 0 aliphatic rings. The van der Waals surface area contributed by atoms with Gasteiger partial charge >= 0.3 is 5.63 Å². The van der Waals surface area contributed by atoms with Crippen molar-refractivity contribution in [1.82, 2.24) is 0 Å². The SMILES string of the molecule is CC(C)(C)Oc1ccc2cc(-c3ccc(N(c4ccccc4)c4ccccc4)cc3)c(=O)oc2c1. The number of fused-ring (bicyclic) bond motifs is 1. The van der Waals surface area contributed by atoms with Crippen LogP contribution >= 0.6 is 0 Å². The van der Waals surface area contributed by atoms with Gasteiger partial charge in [-0.05, 0) is 80.9 Å². The summed E-state index contributed by atoms with van der Waals surface area (Å²) in [7, 11) is 0. The van der Waals surface area contributed by atoms with E-state index in [1.165, 1.54) is 0 Å². The minimum atomic E-state index is -0.374. The van der Waals surface area contributed by atoms with E-state index in [1.807, 2.05) is 99.6 Å². The summed E-state index contributed by atoms with van der Waals surface area (Å²) in [6.45, 7) is 5.95. The van der Waals surface area contributed by atoms with E-state index in [0.717, 1.165) is 28.0 Å². The third-order valence-electron chi connectivity index (χ3n) is 5.60. The van der Waals surface area contributed by atoms with Gasteiger partial charge in [0.1, 0.15) is 16.9 Å². The van der Waals surface area contributed by atoms with Crippen LogP contribution in [0.4, 0.5) is 17.1 Å². The fourth-order valence-corrected chi connectivity index (χ4v) is 4.10. The van der Waals surface area contributed by atoms with Gasteiger partial charge in [0.2, 0.25) is 0 Å². The van der Waals surface area contributed by atoms with Gasteiger partial charge in [0.25, 0.3) is 0 Å². The molecule has 35 heavy (non-hydrogen) atoms. The standard InChI is InChI=1S/C31H27NO3/c1-31(2,3)35-27-19-16-23-20-28(30(33)34-29(23)21-27)22-14-17-26(18-15-22)32(24-10-6-4-7-11-24)25-12-8-5-9-13-25/h4-21H,1-3H3. The van der Waals surface area contributed by atoms with Crippen molar-refractivity contribution in [2.45, 2.75) is 26.4 Å². The Bertz CT molecular complexity index is 1460. The molecule has 1 heterocycles. The van der Waals surface area contributed by atoms with E-state index in [0.29, 0.717) is 16.9 Å². The minimum absolute atomic E-state index is 0.330. The number of hydrogen-bond donors (Lipinski definition) is 0. The highest BCUT2D eigenvalue weighted by Gasteiger charge is 2.15. The molecule has 0 bridgehead atoms. The van der Waals surface area contributed by atoms with Gasteiger partial charge in [0.05, 0.1) is 5.56 Å². The molecule has 1 aromatic heterocycles. The summed E-state index contributed by atoms with van der Waals surface area (Å²) in [5, 5.41) is 0.847. The van der Waals surface area contributed by atoms with E-state index in [2.05, 4.69) is 29.2 Å². The van der Waals surface area contributed by atoms with Gasteiger partial charge in [0, 0.05) is 28.5 Å². The maximum Gasteiger partial charge on any atom is 0.344 e. The first-order valence-corrected chi connectivity index (χ1v) is 11.6. The molecule has 0 amide bonds. The lowest BCUT2D eigenvalue weighted by Crippen LogP contribution is -2.22. The van der Waals surface area contributed by atoms with Crippen molar-refractivity contribution in [2.24, 2.45) is 0 Å². The topological polar surface area (TPSA) is 42.7 Å². The van der Waals surface area contributed by atoms with E-state index in [-0.39, 0.29) is 11.2 Å². The summed E-state index contributed by atoms with van der Waals surface area (Å²) in [6.07, 6.45) is 0. The number of anilines is 3. The average molecular weight is 462 g/mol. The fourth-order valence-electron chi connectivity index (χ4n) is 4.10. The molecule has 0 saturated heterocycles. The van der Waals surface area contributed by atoms with Crippen LogP contribution in [0.25, 0.3) is 22.1 Å². The highest BCUT2D eigenvalue weighted by Crippen LogP contribution is 2.35. The van der Waals surface area contributed by atoms with Gasteiger partial charge in [-0.25, -0.2) is 4.79 Å². The Kier molecular flexibility index (Phi) is 5.87. The Labute approximate surface area is 205 Å². The second-order valence-electron chi connectivity index (χ2n) is 9.41. The third-order valence-corrected chi connectivity index (χ3v) is 5.60. The Morgan fingerprint density at radius 2 is 1.26 bits per heavy atom. The lowest BCUT2D eigenvalue weighted by atomic mass is 10.0. The van der Waals surface area contributed by atoms with Crippen molar-refractivity contribution >= 4 is 28.0 Å². The molecule has 4 aromatic carbocycles. The molecule has 0 saturated carbocycles. The number of hydrogen-bond acceptors (Lipinski definition) is 4. The summed E-state index contributed by atoms with van der Waals surface area (Å²) in [5.41, 5.74) is 4.26. The molecule has 0 fully saturated rings. The van der Waals surface area contributed by atoms with Crippen LogP contribution in [-0.4, -0.2) is 5.60 Å². The molecular weight excluding hydrogens is 434 g/mol. The van der Waals surface area contributed by atoms with Crippen molar-refractivity contribution < 1.29 is 9.15 Å². The first-order chi connectivity index (χ1) is 16.9. The Balaban J connectivity index is 1.51. The van der Waals surface area contributed by atoms with Gasteiger partial charge in [-0.15, -0.1) is 0 Å². The summed E-state index contributed by atoms with van der Waals surface area (Å²) in [6, 6.07) is 35.9. The molecule has 0 atom stereocenters. The van der Waals surface area contributed by atoms with Crippen molar-refractivity contribution in [3.05, 3.63) is 120 Å². The average Bonchev–Trinajstić information content (AvgIpc) is 2.85. The van der Waals surface area contributed by atoms with Crippen LogP contribution in [0.15, 0.2) is 118 Å². The van der Waals surface area contributed by atoms with Crippen LogP contribution in [0.1, 0.15) is 20.8 Å². The van der Waals surface area contributed by atoms with Crippen molar-refractivity contribution in [2.75, 3.05) is 4.90 Å². The van der Waals surface area contributed by atoms with E-state index in [4.69, 9.17) is 9.15 Å². The summed E-state index contributed by atoms with van der Waals surface area (Å²) in [4.78, 5) is 15.1. The van der Waals surface area contributed by atoms with Gasteiger partial charge in [0.15, 0.2) is 0 Å². The number of rotatable bonds is 5. The van der Waals surface area contributed by atoms with Gasteiger partial charge in [-0.2, -0.15) is 0 Å². The zero-order valence-electron chi connectivity index (χ0n) is 20.1. The van der Waals surface area contributed by atoms with Crippen LogP contribution in [0, 0.1) is 0 Å².